The minimum Gasteiger partial charge on any atom is -0.309 e. The largest absolute Gasteiger partial charge is 0.309 e. The van der Waals surface area contributed by atoms with Crippen molar-refractivity contribution >= 4 is 119 Å². The highest BCUT2D eigenvalue weighted by molar-refractivity contribution is 7.26. The quantitative estimate of drug-likeness (QED) is 0.140. The summed E-state index contributed by atoms with van der Waals surface area (Å²) in [6.07, 6.45) is 0. The first-order valence-electron chi connectivity index (χ1n) is 22.4. The van der Waals surface area contributed by atoms with E-state index < -0.39 is 0 Å². The smallest absolute Gasteiger partial charge is 0.0640 e. The van der Waals surface area contributed by atoms with Crippen LogP contribution in [-0.2, 0) is 0 Å². The monoisotopic (exact) mass is 876 g/mol. The van der Waals surface area contributed by atoms with Gasteiger partial charge in [0.05, 0.1) is 26.5 Å². The van der Waals surface area contributed by atoms with E-state index in [-0.39, 0.29) is 0 Å². The Balaban J connectivity index is 1.12. The van der Waals surface area contributed by atoms with Crippen molar-refractivity contribution < 1.29 is 0 Å². The highest BCUT2D eigenvalue weighted by atomic mass is 32.1. The van der Waals surface area contributed by atoms with Crippen LogP contribution in [0.15, 0.2) is 243 Å². The Morgan fingerprint density at radius 1 is 0.242 bits per heavy atom. The highest BCUT2D eigenvalue weighted by Gasteiger charge is 2.25. The molecule has 0 unspecified atom stereocenters. The van der Waals surface area contributed by atoms with Crippen molar-refractivity contribution in [1.29, 1.82) is 0 Å². The van der Waals surface area contributed by atoms with Gasteiger partial charge in [0.15, 0.2) is 0 Å². The lowest BCUT2D eigenvalue weighted by Gasteiger charge is -2.31. The highest BCUT2D eigenvalue weighted by Crippen LogP contribution is 2.51. The summed E-state index contributed by atoms with van der Waals surface area (Å²) in [7, 11) is 0. The third-order valence-electron chi connectivity index (χ3n) is 13.0. The Bertz CT molecular complexity index is 3930. The molecule has 0 saturated heterocycles. The van der Waals surface area contributed by atoms with E-state index >= 15 is 0 Å². The molecule has 2 heterocycles. The molecule has 0 radical (unpaired) electrons. The van der Waals surface area contributed by atoms with Gasteiger partial charge in [-0.2, -0.15) is 0 Å². The minimum atomic E-state index is 1.08. The maximum atomic E-state index is 2.52. The topological polar surface area (TPSA) is 6.48 Å². The van der Waals surface area contributed by atoms with Crippen LogP contribution in [0.25, 0.3) is 84.1 Å². The van der Waals surface area contributed by atoms with E-state index in [0.717, 1.165) is 34.1 Å². The van der Waals surface area contributed by atoms with Crippen molar-refractivity contribution in [1.82, 2.24) is 0 Å². The Morgan fingerprint density at radius 2 is 0.697 bits per heavy atom. The first-order valence-corrected chi connectivity index (χ1v) is 24.0. The summed E-state index contributed by atoms with van der Waals surface area (Å²) in [4.78, 5) is 5.01. The van der Waals surface area contributed by atoms with E-state index in [9.17, 15) is 0 Å². The van der Waals surface area contributed by atoms with Gasteiger partial charge in [-0.25, -0.2) is 0 Å². The number of anilines is 6. The van der Waals surface area contributed by atoms with Crippen molar-refractivity contribution in [3.63, 3.8) is 0 Å². The normalized spacial score (nSPS) is 11.6. The van der Waals surface area contributed by atoms with Crippen LogP contribution in [0.2, 0.25) is 0 Å². The molecule has 13 rings (SSSR count). The molecule has 0 bridgehead atoms. The van der Waals surface area contributed by atoms with Gasteiger partial charge < -0.3 is 9.80 Å². The molecule has 0 saturated carbocycles. The number of rotatable bonds is 8. The van der Waals surface area contributed by atoms with Crippen molar-refractivity contribution in [3.05, 3.63) is 243 Å². The van der Waals surface area contributed by atoms with Crippen LogP contribution in [0.1, 0.15) is 0 Å². The molecule has 0 aliphatic rings. The number of thiophene rings is 2. The number of fused-ring (bicyclic) bond motifs is 9. The van der Waals surface area contributed by atoms with Crippen LogP contribution >= 0.6 is 22.7 Å². The Kier molecular flexibility index (Phi) is 9.26. The fourth-order valence-corrected chi connectivity index (χ4v) is 12.3. The van der Waals surface area contributed by atoms with Gasteiger partial charge in [-0.1, -0.05) is 182 Å². The number of hydrogen-bond donors (Lipinski definition) is 0. The van der Waals surface area contributed by atoms with Crippen LogP contribution in [0.5, 0.6) is 0 Å². The summed E-state index contributed by atoms with van der Waals surface area (Å²) < 4.78 is 5.08. The number of benzene rings is 11. The molecule has 0 aliphatic carbocycles. The molecule has 2 aromatic heterocycles. The average molecular weight is 877 g/mol. The fourth-order valence-electron chi connectivity index (χ4n) is 9.91. The molecule has 2 nitrogen and oxygen atoms in total. The van der Waals surface area contributed by atoms with Gasteiger partial charge in [0.2, 0.25) is 0 Å². The van der Waals surface area contributed by atoms with Crippen molar-refractivity contribution in [2.24, 2.45) is 0 Å². The van der Waals surface area contributed by atoms with Crippen LogP contribution in [0.3, 0.4) is 0 Å². The number of nitrogens with zero attached hydrogens (tertiary/aromatic N) is 2. The van der Waals surface area contributed by atoms with Crippen LogP contribution in [0.4, 0.5) is 34.1 Å². The molecule has 0 atom stereocenters. The summed E-state index contributed by atoms with van der Waals surface area (Å²) in [5.41, 5.74) is 11.5. The van der Waals surface area contributed by atoms with Crippen molar-refractivity contribution in [3.8, 4) is 22.3 Å². The first kappa shape index (κ1) is 38.4. The van der Waals surface area contributed by atoms with Crippen molar-refractivity contribution in [2.45, 2.75) is 0 Å². The Morgan fingerprint density at radius 3 is 1.27 bits per heavy atom. The second kappa shape index (κ2) is 15.9. The molecule has 0 fully saturated rings. The summed E-state index contributed by atoms with van der Waals surface area (Å²) >= 11 is 3.74. The molecule has 0 amide bonds. The summed E-state index contributed by atoms with van der Waals surface area (Å²) in [6, 6.07) is 89.1. The van der Waals surface area contributed by atoms with Gasteiger partial charge in [0.25, 0.3) is 0 Å². The Labute approximate surface area is 391 Å². The van der Waals surface area contributed by atoms with E-state index in [1.165, 1.54) is 84.1 Å². The molecule has 11 aromatic carbocycles. The molecular formula is C62H40N2S2. The second-order valence-electron chi connectivity index (χ2n) is 16.8. The maximum absolute atomic E-state index is 2.52. The zero-order valence-corrected chi connectivity index (χ0v) is 37.4. The maximum Gasteiger partial charge on any atom is 0.0640 e. The van der Waals surface area contributed by atoms with E-state index in [1.807, 2.05) is 22.7 Å². The lowest BCUT2D eigenvalue weighted by molar-refractivity contribution is 1.28. The molecule has 310 valence electrons. The standard InChI is InChI=1S/C62H40N2S2/c1-3-15-41(16-4-1)43-29-34-46(35-30-43)63(56-25-13-23-53-51-21-9-11-27-59(51)65-61(53)56)48-39-55-49-20-8-7-19-45(49)33-38-50(55)58(40-48)64(47-36-31-44(32-37-47)42-17-5-2-6-18-42)57-26-14-24-54-52-22-10-12-28-60(52)66-62(54)57/h1-40H. The lowest BCUT2D eigenvalue weighted by Crippen LogP contribution is -2.14. The van der Waals surface area contributed by atoms with Crippen molar-refractivity contribution in [2.75, 3.05) is 9.80 Å². The Hall–Kier alpha value is -8.02. The van der Waals surface area contributed by atoms with Crippen LogP contribution < -0.4 is 9.80 Å². The van der Waals surface area contributed by atoms with Gasteiger partial charge in [0.1, 0.15) is 0 Å². The predicted molar refractivity (Wildman–Crippen MR) is 287 cm³/mol. The van der Waals surface area contributed by atoms with Gasteiger partial charge in [-0.3, -0.25) is 0 Å². The average Bonchev–Trinajstić information content (AvgIpc) is 3.97. The van der Waals surface area contributed by atoms with Crippen LogP contribution in [-0.4, -0.2) is 0 Å². The lowest BCUT2D eigenvalue weighted by atomic mass is 9.97. The van der Waals surface area contributed by atoms with Gasteiger partial charge in [-0.05, 0) is 99.1 Å². The molecule has 4 heteroatoms. The van der Waals surface area contributed by atoms with E-state index in [4.69, 9.17) is 0 Å². The van der Waals surface area contributed by atoms with Gasteiger partial charge in [0, 0.05) is 53.4 Å². The predicted octanol–water partition coefficient (Wildman–Crippen LogP) is 19.0. The van der Waals surface area contributed by atoms with Gasteiger partial charge in [-0.15, -0.1) is 22.7 Å². The summed E-state index contributed by atoms with van der Waals surface area (Å²) in [5.74, 6) is 0. The summed E-state index contributed by atoms with van der Waals surface area (Å²) in [5, 5.41) is 9.91. The van der Waals surface area contributed by atoms with E-state index in [0.29, 0.717) is 0 Å². The zero-order valence-electron chi connectivity index (χ0n) is 35.8. The summed E-state index contributed by atoms with van der Waals surface area (Å²) in [6.45, 7) is 0. The minimum absolute atomic E-state index is 1.08. The molecule has 0 N–H and O–H groups in total. The molecule has 0 aliphatic heterocycles. The second-order valence-corrected chi connectivity index (χ2v) is 19.0. The molecule has 13 aromatic rings. The molecule has 0 spiro atoms. The van der Waals surface area contributed by atoms with E-state index in [1.54, 1.807) is 0 Å². The third-order valence-corrected chi connectivity index (χ3v) is 15.5. The van der Waals surface area contributed by atoms with Crippen LogP contribution in [0, 0.1) is 0 Å². The molecule has 66 heavy (non-hydrogen) atoms. The van der Waals surface area contributed by atoms with E-state index in [2.05, 4.69) is 252 Å². The SMILES string of the molecule is c1ccc(-c2ccc(N(c3cc(N(c4ccc(-c5ccccc5)cc4)c4cccc5c4sc4ccccc45)c4ccc5ccccc5c4c3)c3cccc4c3sc3ccccc34)cc2)cc1. The van der Waals surface area contributed by atoms with Gasteiger partial charge >= 0.3 is 0 Å². The zero-order chi connectivity index (χ0) is 43.6. The third kappa shape index (κ3) is 6.45. The molecular weight excluding hydrogens is 837 g/mol. The number of hydrogen-bond acceptors (Lipinski definition) is 4. The first-order chi connectivity index (χ1) is 32.7. The fraction of sp³-hybridized carbons (Fsp3) is 0.